The molecule has 3 heterocycles. The number of hydrogen-bond acceptors (Lipinski definition) is 4. The molecule has 0 amide bonds. The largest absolute Gasteiger partial charge is 0.378 e. The van der Waals surface area contributed by atoms with Crippen LogP contribution >= 0.6 is 0 Å². The summed E-state index contributed by atoms with van der Waals surface area (Å²) in [5.74, 6) is 0.372. The molecule has 1 aromatic rings. The number of piperidine rings is 1. The van der Waals surface area contributed by atoms with Crippen molar-refractivity contribution >= 4 is 5.78 Å². The van der Waals surface area contributed by atoms with Crippen LogP contribution in [-0.4, -0.2) is 52.8 Å². The van der Waals surface area contributed by atoms with Crippen LogP contribution in [0.4, 0.5) is 0 Å². The predicted molar refractivity (Wildman–Crippen MR) is 75.8 cm³/mol. The van der Waals surface area contributed by atoms with Crippen molar-refractivity contribution in [2.45, 2.75) is 44.8 Å². The zero-order valence-electron chi connectivity index (χ0n) is 12.5. The molecule has 2 atom stereocenters. The van der Waals surface area contributed by atoms with Crippen molar-refractivity contribution in [3.63, 3.8) is 0 Å². The Bertz CT molecular complexity index is 483. The van der Waals surface area contributed by atoms with Crippen LogP contribution in [0.5, 0.6) is 0 Å². The molecule has 2 saturated heterocycles. The van der Waals surface area contributed by atoms with Crippen LogP contribution < -0.4 is 0 Å². The second kappa shape index (κ2) is 5.30. The standard InChI is InChI=1S/C15H23N3O2/c1-10(2)18-7-12(6-16-18)15(19)11-4-13-8-20-9-14(5-11)17(13)3/h6-7,10-11,13-14H,4-5,8-9H2,1-3H3. The zero-order valence-corrected chi connectivity index (χ0v) is 12.5. The molecule has 0 aliphatic carbocycles. The normalized spacial score (nSPS) is 30.7. The summed E-state index contributed by atoms with van der Waals surface area (Å²) >= 11 is 0. The van der Waals surface area contributed by atoms with Crippen LogP contribution in [0.1, 0.15) is 43.1 Å². The van der Waals surface area contributed by atoms with Crippen molar-refractivity contribution in [3.8, 4) is 0 Å². The van der Waals surface area contributed by atoms with Gasteiger partial charge in [0, 0.05) is 30.2 Å². The molecule has 3 rings (SSSR count). The van der Waals surface area contributed by atoms with Crippen LogP contribution in [0.2, 0.25) is 0 Å². The van der Waals surface area contributed by atoms with Gasteiger partial charge in [-0.05, 0) is 33.7 Å². The van der Waals surface area contributed by atoms with Crippen molar-refractivity contribution in [1.82, 2.24) is 14.7 Å². The Morgan fingerprint density at radius 3 is 2.55 bits per heavy atom. The lowest BCUT2D eigenvalue weighted by atomic mass is 9.81. The van der Waals surface area contributed by atoms with Crippen molar-refractivity contribution in [2.24, 2.45) is 5.92 Å². The van der Waals surface area contributed by atoms with Crippen molar-refractivity contribution < 1.29 is 9.53 Å². The minimum absolute atomic E-state index is 0.120. The maximum absolute atomic E-state index is 12.7. The summed E-state index contributed by atoms with van der Waals surface area (Å²) in [6.07, 6.45) is 5.40. The van der Waals surface area contributed by atoms with Gasteiger partial charge in [-0.1, -0.05) is 0 Å². The monoisotopic (exact) mass is 277 g/mol. The molecule has 5 nitrogen and oxygen atoms in total. The minimum atomic E-state index is 0.120. The van der Waals surface area contributed by atoms with Crippen LogP contribution in [0.3, 0.4) is 0 Å². The van der Waals surface area contributed by atoms with Gasteiger partial charge in [-0.25, -0.2) is 0 Å². The predicted octanol–water partition coefficient (Wildman–Crippen LogP) is 1.76. The van der Waals surface area contributed by atoms with Gasteiger partial charge in [-0.15, -0.1) is 0 Å². The number of fused-ring (bicyclic) bond motifs is 2. The third kappa shape index (κ3) is 2.40. The number of ether oxygens (including phenoxy) is 1. The molecular formula is C15H23N3O2. The second-order valence-electron chi connectivity index (χ2n) is 6.35. The van der Waals surface area contributed by atoms with E-state index >= 15 is 0 Å². The Morgan fingerprint density at radius 2 is 2.00 bits per heavy atom. The Hall–Kier alpha value is -1.20. The molecular weight excluding hydrogens is 254 g/mol. The number of rotatable bonds is 3. The number of nitrogens with zero attached hydrogens (tertiary/aromatic N) is 3. The molecule has 5 heteroatoms. The van der Waals surface area contributed by atoms with Crippen molar-refractivity contribution in [3.05, 3.63) is 18.0 Å². The molecule has 0 aromatic carbocycles. The van der Waals surface area contributed by atoms with Gasteiger partial charge < -0.3 is 4.74 Å². The van der Waals surface area contributed by atoms with Crippen LogP contribution in [-0.2, 0) is 4.74 Å². The van der Waals surface area contributed by atoms with E-state index in [1.54, 1.807) is 6.20 Å². The highest BCUT2D eigenvalue weighted by atomic mass is 16.5. The van der Waals surface area contributed by atoms with Crippen LogP contribution in [0, 0.1) is 5.92 Å². The quantitative estimate of drug-likeness (QED) is 0.790. The fourth-order valence-corrected chi connectivity index (χ4v) is 3.29. The van der Waals surface area contributed by atoms with E-state index in [0.29, 0.717) is 18.1 Å². The zero-order chi connectivity index (χ0) is 14.3. The number of ketones is 1. The Labute approximate surface area is 119 Å². The highest BCUT2D eigenvalue weighted by Gasteiger charge is 2.39. The van der Waals surface area contributed by atoms with E-state index in [-0.39, 0.29) is 11.7 Å². The lowest BCUT2D eigenvalue weighted by molar-refractivity contribution is -0.0702. The van der Waals surface area contributed by atoms with Crippen LogP contribution in [0.25, 0.3) is 0 Å². The van der Waals surface area contributed by atoms with Gasteiger partial charge in [0.05, 0.1) is 25.0 Å². The molecule has 2 bridgehead atoms. The van der Waals surface area contributed by atoms with E-state index in [1.807, 2.05) is 10.9 Å². The van der Waals surface area contributed by atoms with Gasteiger partial charge in [0.25, 0.3) is 0 Å². The highest BCUT2D eigenvalue weighted by molar-refractivity contribution is 5.97. The number of carbonyl (C=O) groups is 1. The maximum Gasteiger partial charge on any atom is 0.169 e. The lowest BCUT2D eigenvalue weighted by Crippen LogP contribution is -2.55. The first-order valence-corrected chi connectivity index (χ1v) is 7.44. The summed E-state index contributed by atoms with van der Waals surface area (Å²) in [5.41, 5.74) is 0.757. The summed E-state index contributed by atoms with van der Waals surface area (Å²) in [4.78, 5) is 15.0. The third-order valence-corrected chi connectivity index (χ3v) is 4.67. The maximum atomic E-state index is 12.7. The Morgan fingerprint density at radius 1 is 1.35 bits per heavy atom. The summed E-state index contributed by atoms with van der Waals surface area (Å²) in [7, 11) is 2.15. The van der Waals surface area contributed by atoms with Gasteiger partial charge in [0.15, 0.2) is 5.78 Å². The van der Waals surface area contributed by atoms with Gasteiger partial charge >= 0.3 is 0 Å². The SMILES string of the molecule is CC(C)n1cc(C(=O)C2CC3COCC(C2)N3C)cn1. The topological polar surface area (TPSA) is 47.4 Å². The van der Waals surface area contributed by atoms with Crippen molar-refractivity contribution in [2.75, 3.05) is 20.3 Å². The number of Topliss-reactive ketones (excluding diaryl/α,β-unsaturated/α-hetero) is 1. The molecule has 1 aromatic heterocycles. The van der Waals surface area contributed by atoms with E-state index in [0.717, 1.165) is 31.6 Å². The molecule has 0 N–H and O–H groups in total. The molecule has 2 unspecified atom stereocenters. The summed E-state index contributed by atoms with van der Waals surface area (Å²) < 4.78 is 7.46. The van der Waals surface area contributed by atoms with Gasteiger partial charge in [-0.3, -0.25) is 14.4 Å². The summed E-state index contributed by atoms with van der Waals surface area (Å²) in [5, 5.41) is 4.28. The number of aromatic nitrogens is 2. The van der Waals surface area contributed by atoms with E-state index in [2.05, 4.69) is 30.9 Å². The molecule has 0 spiro atoms. The minimum Gasteiger partial charge on any atom is -0.378 e. The average Bonchev–Trinajstić information content (AvgIpc) is 2.87. The summed E-state index contributed by atoms with van der Waals surface area (Å²) in [6, 6.07) is 1.06. The fourth-order valence-electron chi connectivity index (χ4n) is 3.29. The van der Waals surface area contributed by atoms with E-state index in [4.69, 9.17) is 4.74 Å². The van der Waals surface area contributed by atoms with E-state index < -0.39 is 0 Å². The van der Waals surface area contributed by atoms with Gasteiger partial charge in [-0.2, -0.15) is 5.10 Å². The Balaban J connectivity index is 1.74. The van der Waals surface area contributed by atoms with Gasteiger partial charge in [0.1, 0.15) is 0 Å². The number of likely N-dealkylation sites (N-methyl/N-ethyl adjacent to an activating group) is 1. The third-order valence-electron chi connectivity index (χ3n) is 4.67. The lowest BCUT2D eigenvalue weighted by Gasteiger charge is -2.46. The first kappa shape index (κ1) is 13.8. The van der Waals surface area contributed by atoms with E-state index in [9.17, 15) is 4.79 Å². The molecule has 2 aliphatic heterocycles. The average molecular weight is 277 g/mol. The van der Waals surface area contributed by atoms with E-state index in [1.165, 1.54) is 0 Å². The molecule has 0 saturated carbocycles. The molecule has 2 fully saturated rings. The smallest absolute Gasteiger partial charge is 0.169 e. The molecule has 110 valence electrons. The molecule has 0 radical (unpaired) electrons. The summed E-state index contributed by atoms with van der Waals surface area (Å²) in [6.45, 7) is 5.64. The first-order chi connectivity index (χ1) is 9.56. The number of hydrogen-bond donors (Lipinski definition) is 0. The van der Waals surface area contributed by atoms with Crippen LogP contribution in [0.15, 0.2) is 12.4 Å². The second-order valence-corrected chi connectivity index (χ2v) is 6.35. The first-order valence-electron chi connectivity index (χ1n) is 7.44. The highest BCUT2D eigenvalue weighted by Crippen LogP contribution is 2.32. The Kier molecular flexibility index (Phi) is 3.65. The van der Waals surface area contributed by atoms with Gasteiger partial charge in [0.2, 0.25) is 0 Å². The number of morpholine rings is 1. The fraction of sp³-hybridized carbons (Fsp3) is 0.733. The number of carbonyl (C=O) groups excluding carboxylic acids is 1. The molecule has 2 aliphatic rings. The van der Waals surface area contributed by atoms with Crippen molar-refractivity contribution in [1.29, 1.82) is 0 Å². The molecule has 20 heavy (non-hydrogen) atoms.